The Hall–Kier alpha value is -2.14. The molecular formula is C17H17BrN2O2. The number of nitrogens with one attached hydrogen (secondary N) is 1. The molecule has 0 bridgehead atoms. The van der Waals surface area contributed by atoms with Crippen LogP contribution in [-0.2, 0) is 0 Å². The molecule has 0 radical (unpaired) electrons. The van der Waals surface area contributed by atoms with E-state index in [0.717, 1.165) is 15.8 Å². The van der Waals surface area contributed by atoms with Crippen molar-refractivity contribution in [3.63, 3.8) is 0 Å². The third kappa shape index (κ3) is 5.00. The normalized spacial score (nSPS) is 10.9. The SMILES string of the molecule is CC(C)Oc1ccc(C(=O)N/N=C\c2ccc(Br)cc2)cc1. The molecule has 0 fully saturated rings. The molecule has 22 heavy (non-hydrogen) atoms. The van der Waals surface area contributed by atoms with E-state index in [4.69, 9.17) is 4.74 Å². The van der Waals surface area contributed by atoms with Gasteiger partial charge in [0, 0.05) is 10.0 Å². The van der Waals surface area contributed by atoms with Crippen LogP contribution in [-0.4, -0.2) is 18.2 Å². The lowest BCUT2D eigenvalue weighted by Crippen LogP contribution is -2.17. The average molecular weight is 361 g/mol. The Morgan fingerprint density at radius 3 is 2.36 bits per heavy atom. The molecule has 0 saturated carbocycles. The van der Waals surface area contributed by atoms with Crippen LogP contribution in [0.5, 0.6) is 5.75 Å². The van der Waals surface area contributed by atoms with E-state index in [0.29, 0.717) is 5.56 Å². The van der Waals surface area contributed by atoms with Crippen LogP contribution in [0.4, 0.5) is 0 Å². The Kier molecular flexibility index (Phi) is 5.72. The van der Waals surface area contributed by atoms with Crippen molar-refractivity contribution in [2.75, 3.05) is 0 Å². The van der Waals surface area contributed by atoms with Crippen molar-refractivity contribution in [1.82, 2.24) is 5.43 Å². The third-order valence-electron chi connectivity index (χ3n) is 2.74. The molecule has 114 valence electrons. The van der Waals surface area contributed by atoms with Crippen molar-refractivity contribution in [1.29, 1.82) is 0 Å². The van der Waals surface area contributed by atoms with Crippen LogP contribution in [0.3, 0.4) is 0 Å². The molecule has 0 aliphatic heterocycles. The van der Waals surface area contributed by atoms with Gasteiger partial charge in [-0.1, -0.05) is 28.1 Å². The summed E-state index contributed by atoms with van der Waals surface area (Å²) >= 11 is 3.36. The number of hydrogen-bond acceptors (Lipinski definition) is 3. The first-order chi connectivity index (χ1) is 10.5. The minimum atomic E-state index is -0.260. The fourth-order valence-electron chi connectivity index (χ4n) is 1.74. The first-order valence-electron chi connectivity index (χ1n) is 6.90. The highest BCUT2D eigenvalue weighted by molar-refractivity contribution is 9.10. The quantitative estimate of drug-likeness (QED) is 0.647. The van der Waals surface area contributed by atoms with Gasteiger partial charge in [0.15, 0.2) is 0 Å². The van der Waals surface area contributed by atoms with E-state index in [-0.39, 0.29) is 12.0 Å². The zero-order valence-electron chi connectivity index (χ0n) is 12.4. The van der Waals surface area contributed by atoms with Gasteiger partial charge in [-0.3, -0.25) is 4.79 Å². The molecule has 0 aliphatic rings. The fraction of sp³-hybridized carbons (Fsp3) is 0.176. The van der Waals surface area contributed by atoms with Crippen LogP contribution in [0.15, 0.2) is 58.1 Å². The number of hydrogen-bond donors (Lipinski definition) is 1. The first-order valence-corrected chi connectivity index (χ1v) is 7.69. The molecule has 0 aromatic heterocycles. The minimum absolute atomic E-state index is 0.107. The van der Waals surface area contributed by atoms with E-state index < -0.39 is 0 Å². The lowest BCUT2D eigenvalue weighted by molar-refractivity contribution is 0.0955. The second-order valence-electron chi connectivity index (χ2n) is 4.94. The molecule has 0 saturated heterocycles. The van der Waals surface area contributed by atoms with Gasteiger partial charge in [0.25, 0.3) is 5.91 Å². The lowest BCUT2D eigenvalue weighted by atomic mass is 10.2. The van der Waals surface area contributed by atoms with Crippen molar-refractivity contribution >= 4 is 28.1 Å². The summed E-state index contributed by atoms with van der Waals surface area (Å²) in [5.74, 6) is 0.481. The predicted molar refractivity (Wildman–Crippen MR) is 91.4 cm³/mol. The second-order valence-corrected chi connectivity index (χ2v) is 5.86. The predicted octanol–water partition coefficient (Wildman–Crippen LogP) is 4.00. The van der Waals surface area contributed by atoms with E-state index >= 15 is 0 Å². The maximum atomic E-state index is 11.9. The number of carbonyl (C=O) groups excluding carboxylic acids is 1. The number of amides is 1. The summed E-state index contributed by atoms with van der Waals surface area (Å²) in [4.78, 5) is 11.9. The average Bonchev–Trinajstić information content (AvgIpc) is 2.49. The number of ether oxygens (including phenoxy) is 1. The van der Waals surface area contributed by atoms with Gasteiger partial charge in [0.05, 0.1) is 12.3 Å². The Morgan fingerprint density at radius 2 is 1.77 bits per heavy atom. The Bertz CT molecular complexity index is 649. The fourth-order valence-corrected chi connectivity index (χ4v) is 2.00. The van der Waals surface area contributed by atoms with Crippen LogP contribution in [0.1, 0.15) is 29.8 Å². The highest BCUT2D eigenvalue weighted by atomic mass is 79.9. The van der Waals surface area contributed by atoms with E-state index in [1.165, 1.54) is 0 Å². The van der Waals surface area contributed by atoms with Crippen LogP contribution in [0, 0.1) is 0 Å². The zero-order chi connectivity index (χ0) is 15.9. The van der Waals surface area contributed by atoms with Crippen molar-refractivity contribution < 1.29 is 9.53 Å². The number of carbonyl (C=O) groups is 1. The molecule has 1 N–H and O–H groups in total. The van der Waals surface area contributed by atoms with E-state index in [1.807, 2.05) is 38.1 Å². The van der Waals surface area contributed by atoms with Gasteiger partial charge in [-0.15, -0.1) is 0 Å². The molecular weight excluding hydrogens is 344 g/mol. The summed E-state index contributed by atoms with van der Waals surface area (Å²) in [6.45, 7) is 3.91. The summed E-state index contributed by atoms with van der Waals surface area (Å²) < 4.78 is 6.53. The van der Waals surface area contributed by atoms with Gasteiger partial charge in [0.1, 0.15) is 5.75 Å². The maximum absolute atomic E-state index is 11.9. The van der Waals surface area contributed by atoms with Crippen molar-refractivity contribution in [2.24, 2.45) is 5.10 Å². The number of benzene rings is 2. The standard InChI is InChI=1S/C17H17BrN2O2/c1-12(2)22-16-9-5-14(6-10-16)17(21)20-19-11-13-3-7-15(18)8-4-13/h3-12H,1-2H3,(H,20,21)/b19-11-. The smallest absolute Gasteiger partial charge is 0.271 e. The van der Waals surface area contributed by atoms with Crippen molar-refractivity contribution in [2.45, 2.75) is 20.0 Å². The van der Waals surface area contributed by atoms with Crippen molar-refractivity contribution in [3.8, 4) is 5.75 Å². The van der Waals surface area contributed by atoms with Gasteiger partial charge in [-0.05, 0) is 55.8 Å². The molecule has 4 nitrogen and oxygen atoms in total. The molecule has 0 unspecified atom stereocenters. The Morgan fingerprint density at radius 1 is 1.14 bits per heavy atom. The third-order valence-corrected chi connectivity index (χ3v) is 3.27. The number of hydrazone groups is 1. The summed E-state index contributed by atoms with van der Waals surface area (Å²) in [6, 6.07) is 14.6. The van der Waals surface area contributed by atoms with Gasteiger partial charge in [-0.25, -0.2) is 5.43 Å². The highest BCUT2D eigenvalue weighted by Gasteiger charge is 2.04. The summed E-state index contributed by atoms with van der Waals surface area (Å²) in [7, 11) is 0. The molecule has 2 aromatic carbocycles. The molecule has 5 heteroatoms. The summed E-state index contributed by atoms with van der Waals surface area (Å²) in [5, 5.41) is 3.95. The van der Waals surface area contributed by atoms with E-state index in [1.54, 1.807) is 30.5 Å². The Labute approximate surface area is 138 Å². The van der Waals surface area contributed by atoms with Crippen LogP contribution < -0.4 is 10.2 Å². The minimum Gasteiger partial charge on any atom is -0.491 e. The van der Waals surface area contributed by atoms with Crippen LogP contribution in [0.25, 0.3) is 0 Å². The second kappa shape index (κ2) is 7.75. The largest absolute Gasteiger partial charge is 0.491 e. The number of halogens is 1. The molecule has 0 atom stereocenters. The van der Waals surface area contributed by atoms with Crippen LogP contribution >= 0.6 is 15.9 Å². The number of rotatable bonds is 5. The van der Waals surface area contributed by atoms with Crippen LogP contribution in [0.2, 0.25) is 0 Å². The topological polar surface area (TPSA) is 50.7 Å². The molecule has 0 heterocycles. The molecule has 0 spiro atoms. The Balaban J connectivity index is 1.93. The molecule has 0 aliphatic carbocycles. The number of nitrogens with zero attached hydrogens (tertiary/aromatic N) is 1. The highest BCUT2D eigenvalue weighted by Crippen LogP contribution is 2.13. The molecule has 2 rings (SSSR count). The van der Waals surface area contributed by atoms with Gasteiger partial charge < -0.3 is 4.74 Å². The summed E-state index contributed by atoms with van der Waals surface area (Å²) in [5.41, 5.74) is 3.94. The molecule has 2 aromatic rings. The summed E-state index contributed by atoms with van der Waals surface area (Å²) in [6.07, 6.45) is 1.70. The van der Waals surface area contributed by atoms with E-state index in [9.17, 15) is 4.79 Å². The van der Waals surface area contributed by atoms with Crippen molar-refractivity contribution in [3.05, 3.63) is 64.1 Å². The monoisotopic (exact) mass is 360 g/mol. The zero-order valence-corrected chi connectivity index (χ0v) is 14.0. The molecule has 1 amide bonds. The van der Waals surface area contributed by atoms with Gasteiger partial charge in [0.2, 0.25) is 0 Å². The first kappa shape index (κ1) is 16.2. The van der Waals surface area contributed by atoms with E-state index in [2.05, 4.69) is 26.5 Å². The van der Waals surface area contributed by atoms with Gasteiger partial charge in [-0.2, -0.15) is 5.10 Å². The van der Waals surface area contributed by atoms with Gasteiger partial charge >= 0.3 is 0 Å². The lowest BCUT2D eigenvalue weighted by Gasteiger charge is -2.09. The maximum Gasteiger partial charge on any atom is 0.271 e.